The third-order valence-electron chi connectivity index (χ3n) is 7.22. The van der Waals surface area contributed by atoms with Crippen molar-refractivity contribution in [3.05, 3.63) is 54.1 Å². The molecule has 3 heterocycles. The second kappa shape index (κ2) is 9.19. The third-order valence-corrected chi connectivity index (χ3v) is 7.22. The van der Waals surface area contributed by atoms with E-state index in [1.165, 1.54) is 0 Å². The second-order valence-electron chi connectivity index (χ2n) is 11.4. The van der Waals surface area contributed by atoms with Gasteiger partial charge in [0.15, 0.2) is 0 Å². The van der Waals surface area contributed by atoms with Crippen molar-refractivity contribution in [2.24, 2.45) is 11.3 Å². The highest BCUT2D eigenvalue weighted by molar-refractivity contribution is 5.97. The standard InChI is InChI=1S/C27H33N5O4/c1-26(2,3)36-25(35)31-16-27(17-31)13-18(14-27)11-23(33)32-15-21-20(28-9-10-29-21)12-22(32)24(34)30-19-7-5-4-6-8-19/h4-10,18,22H,11-17H2,1-3H3,(H,30,34). The first kappa shape index (κ1) is 24.2. The number of carbonyl (C=O) groups excluding carboxylic acids is 3. The number of benzene rings is 1. The van der Waals surface area contributed by atoms with Crippen LogP contribution in [0.3, 0.4) is 0 Å². The number of likely N-dealkylation sites (tertiary alicyclic amines) is 1. The Morgan fingerprint density at radius 3 is 2.39 bits per heavy atom. The highest BCUT2D eigenvalue weighted by Gasteiger charge is 2.55. The van der Waals surface area contributed by atoms with Gasteiger partial charge in [0.05, 0.1) is 17.9 Å². The maximum Gasteiger partial charge on any atom is 0.410 e. The zero-order chi connectivity index (χ0) is 25.5. The monoisotopic (exact) mass is 491 g/mol. The average molecular weight is 492 g/mol. The number of ether oxygens (including phenoxy) is 1. The number of hydrogen-bond donors (Lipinski definition) is 1. The molecule has 1 aliphatic carbocycles. The lowest BCUT2D eigenvalue weighted by Gasteiger charge is -2.58. The Morgan fingerprint density at radius 1 is 1.06 bits per heavy atom. The van der Waals surface area contributed by atoms with Crippen LogP contribution in [0, 0.1) is 11.3 Å². The number of aromatic nitrogens is 2. The molecule has 1 atom stereocenters. The summed E-state index contributed by atoms with van der Waals surface area (Å²) < 4.78 is 5.46. The molecule has 3 aliphatic rings. The van der Waals surface area contributed by atoms with E-state index >= 15 is 0 Å². The van der Waals surface area contributed by atoms with Crippen LogP contribution < -0.4 is 5.32 Å². The quantitative estimate of drug-likeness (QED) is 0.703. The van der Waals surface area contributed by atoms with Crippen LogP contribution in [0.1, 0.15) is 51.4 Å². The van der Waals surface area contributed by atoms with Gasteiger partial charge in [0.2, 0.25) is 11.8 Å². The van der Waals surface area contributed by atoms with Crippen LogP contribution in [0.5, 0.6) is 0 Å². The van der Waals surface area contributed by atoms with Crippen molar-refractivity contribution in [3.63, 3.8) is 0 Å². The predicted octanol–water partition coefficient (Wildman–Crippen LogP) is 3.41. The first-order valence-corrected chi connectivity index (χ1v) is 12.5. The van der Waals surface area contributed by atoms with Gasteiger partial charge in [-0.25, -0.2) is 4.79 Å². The van der Waals surface area contributed by atoms with E-state index in [1.807, 2.05) is 51.1 Å². The molecule has 0 radical (unpaired) electrons. The number of hydrogen-bond acceptors (Lipinski definition) is 6. The minimum atomic E-state index is -0.637. The topological polar surface area (TPSA) is 105 Å². The summed E-state index contributed by atoms with van der Waals surface area (Å²) in [5.41, 5.74) is 1.79. The maximum absolute atomic E-state index is 13.4. The SMILES string of the molecule is CC(C)(C)OC(=O)N1CC2(CC(CC(=O)N3Cc4nccnc4CC3C(=O)Nc3ccccc3)C2)C1. The van der Waals surface area contributed by atoms with Crippen LogP contribution in [0.2, 0.25) is 0 Å². The number of amides is 3. The largest absolute Gasteiger partial charge is 0.444 e. The molecular weight excluding hydrogens is 458 g/mol. The van der Waals surface area contributed by atoms with Gasteiger partial charge in [0, 0.05) is 49.4 Å². The van der Waals surface area contributed by atoms with Gasteiger partial charge in [0.1, 0.15) is 11.6 Å². The summed E-state index contributed by atoms with van der Waals surface area (Å²) in [5.74, 6) is -0.00927. The van der Waals surface area contributed by atoms with Crippen molar-refractivity contribution >= 4 is 23.6 Å². The summed E-state index contributed by atoms with van der Waals surface area (Å²) in [6, 6.07) is 8.62. The van der Waals surface area contributed by atoms with Crippen LogP contribution >= 0.6 is 0 Å². The van der Waals surface area contributed by atoms with Crippen molar-refractivity contribution < 1.29 is 19.1 Å². The van der Waals surface area contributed by atoms with Crippen LogP contribution in [0.15, 0.2) is 42.7 Å². The van der Waals surface area contributed by atoms with Crippen molar-refractivity contribution in [3.8, 4) is 0 Å². The molecule has 1 aromatic carbocycles. The molecule has 9 nitrogen and oxygen atoms in total. The van der Waals surface area contributed by atoms with Crippen molar-refractivity contribution in [1.82, 2.24) is 19.8 Å². The molecule has 190 valence electrons. The van der Waals surface area contributed by atoms with Crippen LogP contribution in [0.25, 0.3) is 0 Å². The van der Waals surface area contributed by atoms with E-state index in [0.29, 0.717) is 31.6 Å². The fourth-order valence-corrected chi connectivity index (χ4v) is 5.66. The number of para-hydroxylation sites is 1. The molecule has 0 bridgehead atoms. The van der Waals surface area contributed by atoms with Crippen molar-refractivity contribution in [2.45, 2.75) is 64.6 Å². The molecule has 1 aromatic heterocycles. The van der Waals surface area contributed by atoms with Gasteiger partial charge < -0.3 is 19.9 Å². The summed E-state index contributed by atoms with van der Waals surface area (Å²) in [6.07, 6.45) is 5.51. The Balaban J connectivity index is 1.20. The minimum absolute atomic E-state index is 0.0392. The van der Waals surface area contributed by atoms with Crippen LogP contribution in [-0.4, -0.2) is 62.4 Å². The van der Waals surface area contributed by atoms with Gasteiger partial charge in [-0.05, 0) is 51.7 Å². The molecule has 3 amide bonds. The van der Waals surface area contributed by atoms with Crippen molar-refractivity contribution in [1.29, 1.82) is 0 Å². The number of nitrogens with zero attached hydrogens (tertiary/aromatic N) is 4. The van der Waals surface area contributed by atoms with E-state index in [2.05, 4.69) is 15.3 Å². The summed E-state index contributed by atoms with van der Waals surface area (Å²) in [6.45, 7) is 7.23. The predicted molar refractivity (Wildman–Crippen MR) is 133 cm³/mol. The second-order valence-corrected chi connectivity index (χ2v) is 11.4. The molecule has 36 heavy (non-hydrogen) atoms. The molecule has 2 aliphatic heterocycles. The first-order chi connectivity index (χ1) is 17.1. The molecular formula is C27H33N5O4. The lowest BCUT2D eigenvalue weighted by atomic mass is 9.57. The Morgan fingerprint density at radius 2 is 1.72 bits per heavy atom. The number of rotatable bonds is 4. The molecule has 1 spiro atoms. The van der Waals surface area contributed by atoms with E-state index in [4.69, 9.17) is 4.74 Å². The van der Waals surface area contributed by atoms with Gasteiger partial charge in [-0.3, -0.25) is 19.6 Å². The molecule has 1 N–H and O–H groups in total. The number of fused-ring (bicyclic) bond motifs is 1. The zero-order valence-corrected chi connectivity index (χ0v) is 21.1. The Bertz CT molecular complexity index is 1150. The molecule has 2 aromatic rings. The van der Waals surface area contributed by atoms with Crippen LogP contribution in [-0.2, 0) is 27.3 Å². The van der Waals surface area contributed by atoms with E-state index in [1.54, 1.807) is 22.2 Å². The first-order valence-electron chi connectivity index (χ1n) is 12.5. The molecule has 1 unspecified atom stereocenters. The van der Waals surface area contributed by atoms with Gasteiger partial charge in [-0.1, -0.05) is 18.2 Å². The van der Waals surface area contributed by atoms with E-state index in [0.717, 1.165) is 24.2 Å². The highest BCUT2D eigenvalue weighted by atomic mass is 16.6. The van der Waals surface area contributed by atoms with Gasteiger partial charge in [-0.15, -0.1) is 0 Å². The number of carbonyl (C=O) groups is 3. The lowest BCUT2D eigenvalue weighted by Crippen LogP contribution is -2.64. The Hall–Kier alpha value is -3.49. The summed E-state index contributed by atoms with van der Waals surface area (Å²) in [5, 5.41) is 2.94. The van der Waals surface area contributed by atoms with E-state index in [-0.39, 0.29) is 35.8 Å². The van der Waals surface area contributed by atoms with Gasteiger partial charge in [-0.2, -0.15) is 0 Å². The normalized spacial score (nSPS) is 20.7. The van der Waals surface area contributed by atoms with E-state index < -0.39 is 11.6 Å². The number of nitrogens with one attached hydrogen (secondary N) is 1. The highest BCUT2D eigenvalue weighted by Crippen LogP contribution is 2.53. The van der Waals surface area contributed by atoms with E-state index in [9.17, 15) is 14.4 Å². The minimum Gasteiger partial charge on any atom is -0.444 e. The molecule has 2 fully saturated rings. The molecule has 1 saturated heterocycles. The van der Waals surface area contributed by atoms with Gasteiger partial charge >= 0.3 is 6.09 Å². The number of anilines is 1. The fourth-order valence-electron chi connectivity index (χ4n) is 5.66. The van der Waals surface area contributed by atoms with Gasteiger partial charge in [0.25, 0.3) is 0 Å². The van der Waals surface area contributed by atoms with Crippen molar-refractivity contribution in [2.75, 3.05) is 18.4 Å². The fraction of sp³-hybridized carbons (Fsp3) is 0.519. The summed E-state index contributed by atoms with van der Waals surface area (Å²) in [7, 11) is 0. The maximum atomic E-state index is 13.4. The zero-order valence-electron chi connectivity index (χ0n) is 21.1. The Labute approximate surface area is 211 Å². The molecule has 9 heteroatoms. The molecule has 5 rings (SSSR count). The average Bonchev–Trinajstić information content (AvgIpc) is 2.78. The third kappa shape index (κ3) is 5.05. The smallest absolute Gasteiger partial charge is 0.410 e. The molecule has 1 saturated carbocycles. The Kier molecular flexibility index (Phi) is 6.18. The van der Waals surface area contributed by atoms with Crippen LogP contribution in [0.4, 0.5) is 10.5 Å². The summed E-state index contributed by atoms with van der Waals surface area (Å²) in [4.78, 5) is 51.1. The summed E-state index contributed by atoms with van der Waals surface area (Å²) >= 11 is 0. The lowest BCUT2D eigenvalue weighted by molar-refractivity contribution is -0.145.